The van der Waals surface area contributed by atoms with E-state index < -0.39 is 10.0 Å². The van der Waals surface area contributed by atoms with Crippen LogP contribution >= 0.6 is 0 Å². The van der Waals surface area contributed by atoms with E-state index in [2.05, 4.69) is 20.5 Å². The Bertz CT molecular complexity index is 1120. The lowest BCUT2D eigenvalue weighted by atomic mass is 10.2. The number of nitrogens with one attached hydrogen (secondary N) is 1. The molecule has 0 amide bonds. The lowest BCUT2D eigenvalue weighted by molar-refractivity contribution is 0.388. The van der Waals surface area contributed by atoms with Crippen LogP contribution < -0.4 is 10.2 Å². The first-order valence-electron chi connectivity index (χ1n) is 10.0. The Labute approximate surface area is 182 Å². The van der Waals surface area contributed by atoms with E-state index in [-0.39, 0.29) is 0 Å². The molecule has 3 heterocycles. The van der Waals surface area contributed by atoms with Crippen LogP contribution in [0.25, 0.3) is 6.08 Å². The molecule has 0 bridgehead atoms. The molecule has 3 aromatic rings. The van der Waals surface area contributed by atoms with Gasteiger partial charge in [0.2, 0.25) is 10.0 Å². The Kier molecular flexibility index (Phi) is 6.24. The summed E-state index contributed by atoms with van der Waals surface area (Å²) < 4.78 is 26.8. The minimum absolute atomic E-state index is 0.401. The van der Waals surface area contributed by atoms with Gasteiger partial charge in [0.25, 0.3) is 0 Å². The number of piperazine rings is 1. The van der Waals surface area contributed by atoms with Gasteiger partial charge in [0.05, 0.1) is 11.9 Å². The van der Waals surface area contributed by atoms with Gasteiger partial charge in [-0.15, -0.1) is 10.2 Å². The van der Waals surface area contributed by atoms with Crippen molar-refractivity contribution in [3.8, 4) is 0 Å². The highest BCUT2D eigenvalue weighted by Gasteiger charge is 2.25. The molecule has 0 atom stereocenters. The van der Waals surface area contributed by atoms with Gasteiger partial charge in [-0.2, -0.15) is 4.31 Å². The molecule has 0 saturated carbocycles. The molecule has 2 aromatic heterocycles. The molecule has 0 radical (unpaired) electrons. The third-order valence-electron chi connectivity index (χ3n) is 5.02. The van der Waals surface area contributed by atoms with Crippen LogP contribution in [0, 0.1) is 6.92 Å². The maximum Gasteiger partial charge on any atom is 0.236 e. The van der Waals surface area contributed by atoms with E-state index in [9.17, 15) is 8.42 Å². The lowest BCUT2D eigenvalue weighted by Crippen LogP contribution is -2.48. The van der Waals surface area contributed by atoms with Gasteiger partial charge in [0, 0.05) is 37.8 Å². The first-order valence-corrected chi connectivity index (χ1v) is 11.5. The van der Waals surface area contributed by atoms with Crippen LogP contribution in [0.2, 0.25) is 0 Å². The maximum absolute atomic E-state index is 12.7. The van der Waals surface area contributed by atoms with Crippen molar-refractivity contribution >= 4 is 33.4 Å². The third kappa shape index (κ3) is 5.44. The van der Waals surface area contributed by atoms with E-state index in [0.717, 1.165) is 22.6 Å². The Morgan fingerprint density at radius 1 is 0.968 bits per heavy atom. The number of aromatic nitrogens is 3. The number of nitrogens with zero attached hydrogens (tertiary/aromatic N) is 5. The van der Waals surface area contributed by atoms with Crippen molar-refractivity contribution in [1.82, 2.24) is 19.5 Å². The van der Waals surface area contributed by atoms with Crippen molar-refractivity contribution in [2.24, 2.45) is 0 Å². The van der Waals surface area contributed by atoms with E-state index in [0.29, 0.717) is 32.0 Å². The molecular weight excluding hydrogens is 412 g/mol. The summed E-state index contributed by atoms with van der Waals surface area (Å²) in [5.41, 5.74) is 2.84. The normalized spacial score (nSPS) is 15.3. The number of rotatable bonds is 6. The van der Waals surface area contributed by atoms with E-state index in [4.69, 9.17) is 0 Å². The van der Waals surface area contributed by atoms with Crippen molar-refractivity contribution in [2.75, 3.05) is 36.4 Å². The zero-order valence-corrected chi connectivity index (χ0v) is 18.0. The number of hydrogen-bond donors (Lipinski definition) is 1. The van der Waals surface area contributed by atoms with Crippen LogP contribution in [-0.2, 0) is 10.0 Å². The summed E-state index contributed by atoms with van der Waals surface area (Å²) in [4.78, 5) is 6.09. The number of anilines is 3. The molecule has 0 aliphatic carbocycles. The quantitative estimate of drug-likeness (QED) is 0.635. The van der Waals surface area contributed by atoms with Gasteiger partial charge in [0.1, 0.15) is 0 Å². The third-order valence-corrected chi connectivity index (χ3v) is 6.58. The summed E-state index contributed by atoms with van der Waals surface area (Å²) in [6.45, 7) is 3.91. The van der Waals surface area contributed by atoms with Crippen molar-refractivity contribution in [3.63, 3.8) is 0 Å². The van der Waals surface area contributed by atoms with Gasteiger partial charge >= 0.3 is 0 Å². The van der Waals surface area contributed by atoms with Gasteiger partial charge in [-0.25, -0.2) is 8.42 Å². The van der Waals surface area contributed by atoms with Gasteiger partial charge in [0.15, 0.2) is 11.6 Å². The van der Waals surface area contributed by atoms with E-state index in [1.54, 1.807) is 18.5 Å². The van der Waals surface area contributed by atoms with Gasteiger partial charge in [-0.05, 0) is 42.8 Å². The molecule has 1 aliphatic heterocycles. The van der Waals surface area contributed by atoms with Crippen LogP contribution in [-0.4, -0.2) is 54.1 Å². The molecule has 31 heavy (non-hydrogen) atoms. The largest absolute Gasteiger partial charge is 0.352 e. The van der Waals surface area contributed by atoms with Crippen molar-refractivity contribution in [3.05, 3.63) is 77.5 Å². The number of pyridine rings is 1. The molecule has 8 nitrogen and oxygen atoms in total. The average Bonchev–Trinajstić information content (AvgIpc) is 2.80. The molecule has 1 aromatic carbocycles. The predicted octanol–water partition coefficient (Wildman–Crippen LogP) is 3.05. The molecule has 1 saturated heterocycles. The molecule has 1 aliphatic rings. The van der Waals surface area contributed by atoms with Crippen LogP contribution in [0.4, 0.5) is 17.3 Å². The van der Waals surface area contributed by atoms with E-state index in [1.165, 1.54) is 9.71 Å². The number of benzene rings is 1. The second kappa shape index (κ2) is 9.23. The smallest absolute Gasteiger partial charge is 0.236 e. The summed E-state index contributed by atoms with van der Waals surface area (Å²) in [5.74, 6) is 1.35. The topological polar surface area (TPSA) is 91.3 Å². The lowest BCUT2D eigenvalue weighted by Gasteiger charge is -2.33. The molecule has 1 fully saturated rings. The van der Waals surface area contributed by atoms with Crippen molar-refractivity contribution < 1.29 is 8.42 Å². The number of sulfonamides is 1. The first kappa shape index (κ1) is 21.0. The minimum Gasteiger partial charge on any atom is -0.352 e. The molecule has 1 N–H and O–H groups in total. The fourth-order valence-corrected chi connectivity index (χ4v) is 4.42. The van der Waals surface area contributed by atoms with Crippen molar-refractivity contribution in [2.45, 2.75) is 6.92 Å². The first-order chi connectivity index (χ1) is 15.0. The van der Waals surface area contributed by atoms with Crippen LogP contribution in [0.1, 0.15) is 11.1 Å². The highest BCUT2D eigenvalue weighted by molar-refractivity contribution is 7.92. The van der Waals surface area contributed by atoms with Crippen LogP contribution in [0.3, 0.4) is 0 Å². The van der Waals surface area contributed by atoms with Gasteiger partial charge in [-0.1, -0.05) is 29.8 Å². The number of aryl methyl sites for hydroxylation is 1. The fraction of sp³-hybridized carbons (Fsp3) is 0.227. The van der Waals surface area contributed by atoms with E-state index >= 15 is 0 Å². The summed E-state index contributed by atoms with van der Waals surface area (Å²) in [7, 11) is -3.46. The molecule has 160 valence electrons. The second-order valence-corrected chi connectivity index (χ2v) is 9.11. The van der Waals surface area contributed by atoms with Gasteiger partial charge in [-0.3, -0.25) is 4.98 Å². The Hall–Kier alpha value is -3.30. The zero-order chi connectivity index (χ0) is 21.7. The Morgan fingerprint density at radius 2 is 1.74 bits per heavy atom. The monoisotopic (exact) mass is 436 g/mol. The number of hydrogen-bond acceptors (Lipinski definition) is 7. The molecular formula is C22H24N6O2S. The summed E-state index contributed by atoms with van der Waals surface area (Å²) in [5, 5.41) is 12.9. The fourth-order valence-electron chi connectivity index (χ4n) is 3.24. The highest BCUT2D eigenvalue weighted by Crippen LogP contribution is 2.18. The highest BCUT2D eigenvalue weighted by atomic mass is 32.2. The summed E-state index contributed by atoms with van der Waals surface area (Å²) in [6, 6.07) is 15.2. The predicted molar refractivity (Wildman–Crippen MR) is 122 cm³/mol. The van der Waals surface area contributed by atoms with E-state index in [1.807, 2.05) is 60.4 Å². The van der Waals surface area contributed by atoms with Crippen LogP contribution in [0.15, 0.2) is 66.3 Å². The molecule has 0 spiro atoms. The molecule has 0 unspecified atom stereocenters. The average molecular weight is 437 g/mol. The van der Waals surface area contributed by atoms with Gasteiger partial charge < -0.3 is 10.2 Å². The maximum atomic E-state index is 12.7. The zero-order valence-electron chi connectivity index (χ0n) is 17.2. The summed E-state index contributed by atoms with van der Waals surface area (Å²) >= 11 is 0. The Morgan fingerprint density at radius 3 is 2.39 bits per heavy atom. The molecule has 4 rings (SSSR count). The Balaban J connectivity index is 1.34. The van der Waals surface area contributed by atoms with Crippen LogP contribution in [0.5, 0.6) is 0 Å². The SMILES string of the molecule is Cc1ccc(/C=C/S(=O)(=O)N2CCN(c3ccc(Nc4cccnc4)nn3)CC2)cc1. The standard InChI is InChI=1S/C22H24N6O2S/c1-18-4-6-19(7-5-18)10-16-31(29,30)28-14-12-27(13-15-28)22-9-8-21(25-26-22)24-20-3-2-11-23-17-20/h2-11,16-17H,12-15H2,1H3,(H,24,25)/b16-10+. The minimum atomic E-state index is -3.46. The molecule has 9 heteroatoms. The second-order valence-electron chi connectivity index (χ2n) is 7.29. The summed E-state index contributed by atoms with van der Waals surface area (Å²) in [6.07, 6.45) is 5.06. The van der Waals surface area contributed by atoms with Crippen molar-refractivity contribution in [1.29, 1.82) is 0 Å².